The lowest BCUT2D eigenvalue weighted by molar-refractivity contribution is -0.142. The SMILES string of the molecule is CSCCC(NC(=O)C(CCCN=C(N)N)NC(=O)C(CCC(=O)O)NC(=O)C(N)Cc1ccccc1)C(=O)O. The van der Waals surface area contributed by atoms with Crippen molar-refractivity contribution in [2.75, 3.05) is 18.6 Å². The third-order valence-electron chi connectivity index (χ3n) is 5.72. The molecule has 3 amide bonds. The number of carbonyl (C=O) groups is 5. The fourth-order valence-corrected chi connectivity index (χ4v) is 4.06. The van der Waals surface area contributed by atoms with E-state index in [4.69, 9.17) is 22.3 Å². The number of aliphatic carboxylic acids is 2. The summed E-state index contributed by atoms with van der Waals surface area (Å²) in [6, 6.07) is 4.24. The van der Waals surface area contributed by atoms with Gasteiger partial charge in [0.25, 0.3) is 0 Å². The number of guanidine groups is 1. The Morgan fingerprint density at radius 1 is 0.875 bits per heavy atom. The zero-order chi connectivity index (χ0) is 30.1. The van der Waals surface area contributed by atoms with Crippen LogP contribution in [0.4, 0.5) is 0 Å². The molecule has 0 radical (unpaired) electrons. The van der Waals surface area contributed by atoms with Crippen LogP contribution in [0.5, 0.6) is 0 Å². The van der Waals surface area contributed by atoms with E-state index in [2.05, 4.69) is 20.9 Å². The van der Waals surface area contributed by atoms with Crippen LogP contribution < -0.4 is 33.2 Å². The van der Waals surface area contributed by atoms with E-state index in [1.54, 1.807) is 30.5 Å². The fraction of sp³-hybridized carbons (Fsp3) is 0.520. The molecule has 0 heterocycles. The van der Waals surface area contributed by atoms with Crippen molar-refractivity contribution in [3.63, 3.8) is 0 Å². The minimum atomic E-state index is -1.31. The Labute approximate surface area is 236 Å². The quantitative estimate of drug-likeness (QED) is 0.0545. The van der Waals surface area contributed by atoms with Gasteiger partial charge in [-0.3, -0.25) is 24.2 Å². The van der Waals surface area contributed by atoms with Crippen molar-refractivity contribution < 1.29 is 34.2 Å². The first-order chi connectivity index (χ1) is 18.9. The molecule has 222 valence electrons. The summed E-state index contributed by atoms with van der Waals surface area (Å²) in [5.74, 6) is -4.35. The van der Waals surface area contributed by atoms with Gasteiger partial charge in [-0.05, 0) is 49.7 Å². The first-order valence-electron chi connectivity index (χ1n) is 12.6. The number of carboxylic acid groups (broad SMARTS) is 2. The largest absolute Gasteiger partial charge is 0.481 e. The van der Waals surface area contributed by atoms with Crippen LogP contribution in [0.2, 0.25) is 0 Å². The number of amides is 3. The maximum atomic E-state index is 13.2. The molecule has 0 aromatic heterocycles. The Kier molecular flexibility index (Phi) is 15.8. The molecule has 1 aromatic carbocycles. The lowest BCUT2D eigenvalue weighted by Gasteiger charge is -2.25. The van der Waals surface area contributed by atoms with Crippen molar-refractivity contribution in [1.29, 1.82) is 0 Å². The molecule has 0 bridgehead atoms. The summed E-state index contributed by atoms with van der Waals surface area (Å²) < 4.78 is 0. The number of nitrogens with two attached hydrogens (primary N) is 3. The number of hydrogen-bond donors (Lipinski definition) is 8. The minimum Gasteiger partial charge on any atom is -0.481 e. The lowest BCUT2D eigenvalue weighted by Crippen LogP contribution is -2.57. The summed E-state index contributed by atoms with van der Waals surface area (Å²) in [5.41, 5.74) is 17.5. The Morgan fingerprint density at radius 2 is 1.45 bits per heavy atom. The molecule has 1 aromatic rings. The molecular formula is C25H39N7O7S. The molecule has 15 heteroatoms. The molecule has 0 spiro atoms. The topological polar surface area (TPSA) is 252 Å². The van der Waals surface area contributed by atoms with Gasteiger partial charge >= 0.3 is 11.9 Å². The van der Waals surface area contributed by atoms with E-state index in [0.29, 0.717) is 5.75 Å². The zero-order valence-corrected chi connectivity index (χ0v) is 23.2. The molecule has 0 saturated heterocycles. The average molecular weight is 582 g/mol. The number of carboxylic acids is 2. The molecule has 40 heavy (non-hydrogen) atoms. The van der Waals surface area contributed by atoms with Gasteiger partial charge in [0.15, 0.2) is 5.96 Å². The van der Waals surface area contributed by atoms with Gasteiger partial charge in [-0.15, -0.1) is 0 Å². The molecule has 0 aliphatic carbocycles. The van der Waals surface area contributed by atoms with Gasteiger partial charge in [-0.2, -0.15) is 11.8 Å². The summed E-state index contributed by atoms with van der Waals surface area (Å²) >= 11 is 1.41. The van der Waals surface area contributed by atoms with Crippen molar-refractivity contribution in [3.05, 3.63) is 35.9 Å². The number of benzene rings is 1. The number of carbonyl (C=O) groups excluding carboxylic acids is 3. The van der Waals surface area contributed by atoms with E-state index in [9.17, 15) is 29.1 Å². The fourth-order valence-electron chi connectivity index (χ4n) is 3.59. The molecule has 0 aliphatic heterocycles. The van der Waals surface area contributed by atoms with Crippen LogP contribution in [-0.2, 0) is 30.4 Å². The van der Waals surface area contributed by atoms with Crippen LogP contribution >= 0.6 is 11.8 Å². The van der Waals surface area contributed by atoms with E-state index in [1.165, 1.54) is 11.8 Å². The lowest BCUT2D eigenvalue weighted by atomic mass is 10.0. The molecule has 14 nitrogen and oxygen atoms in total. The predicted molar refractivity (Wildman–Crippen MR) is 151 cm³/mol. The van der Waals surface area contributed by atoms with Gasteiger partial charge in [-0.1, -0.05) is 30.3 Å². The first kappa shape index (κ1) is 34.2. The standard InChI is InChI=1S/C25H39N7O7S/c1-40-13-11-19(24(38)39)32-22(36)17(8-5-12-29-25(27)28)31-23(37)18(9-10-20(33)34)30-21(35)16(26)14-15-6-3-2-4-7-15/h2-4,6-7,16-19H,5,8-14,26H2,1H3,(H,30,35)(H,31,37)(H,32,36)(H,33,34)(H,38,39)(H4,27,28,29). The van der Waals surface area contributed by atoms with Crippen molar-refractivity contribution in [1.82, 2.24) is 16.0 Å². The highest BCUT2D eigenvalue weighted by Gasteiger charge is 2.30. The number of aliphatic imine (C=N–C) groups is 1. The maximum Gasteiger partial charge on any atom is 0.326 e. The van der Waals surface area contributed by atoms with E-state index >= 15 is 0 Å². The number of nitrogens with zero attached hydrogens (tertiary/aromatic N) is 1. The Balaban J connectivity index is 3.04. The second-order valence-corrected chi connectivity index (χ2v) is 9.97. The highest BCUT2D eigenvalue weighted by Crippen LogP contribution is 2.07. The second kappa shape index (κ2) is 18.4. The first-order valence-corrected chi connectivity index (χ1v) is 14.0. The number of thioether (sulfide) groups is 1. The Hall–Kier alpha value is -3.85. The van der Waals surface area contributed by atoms with E-state index < -0.39 is 60.2 Å². The summed E-state index contributed by atoms with van der Waals surface area (Å²) in [6.07, 6.45) is 1.73. The van der Waals surface area contributed by atoms with Gasteiger partial charge in [0.2, 0.25) is 17.7 Å². The molecule has 0 saturated carbocycles. The molecule has 0 fully saturated rings. The molecular weight excluding hydrogens is 542 g/mol. The zero-order valence-electron chi connectivity index (χ0n) is 22.4. The van der Waals surface area contributed by atoms with Gasteiger partial charge in [0, 0.05) is 13.0 Å². The highest BCUT2D eigenvalue weighted by molar-refractivity contribution is 7.98. The summed E-state index contributed by atoms with van der Waals surface area (Å²) in [7, 11) is 0. The molecule has 4 atom stereocenters. The van der Waals surface area contributed by atoms with Crippen LogP contribution in [0.3, 0.4) is 0 Å². The average Bonchev–Trinajstić information content (AvgIpc) is 2.90. The van der Waals surface area contributed by atoms with Crippen LogP contribution in [-0.4, -0.2) is 88.6 Å². The van der Waals surface area contributed by atoms with Gasteiger partial charge in [-0.25, -0.2) is 4.79 Å². The third-order valence-corrected chi connectivity index (χ3v) is 6.36. The number of hydrogen-bond acceptors (Lipinski definition) is 8. The number of rotatable bonds is 19. The monoisotopic (exact) mass is 581 g/mol. The van der Waals surface area contributed by atoms with Crippen molar-refractivity contribution in [2.45, 2.75) is 62.7 Å². The van der Waals surface area contributed by atoms with Crippen LogP contribution in [0.1, 0.15) is 37.7 Å². The molecule has 4 unspecified atom stereocenters. The van der Waals surface area contributed by atoms with Crippen LogP contribution in [0, 0.1) is 0 Å². The van der Waals surface area contributed by atoms with Gasteiger partial charge < -0.3 is 43.4 Å². The molecule has 11 N–H and O–H groups in total. The van der Waals surface area contributed by atoms with Crippen LogP contribution in [0.15, 0.2) is 35.3 Å². The molecule has 0 aliphatic rings. The second-order valence-electron chi connectivity index (χ2n) is 8.98. The van der Waals surface area contributed by atoms with Gasteiger partial charge in [0.1, 0.15) is 18.1 Å². The van der Waals surface area contributed by atoms with Crippen molar-refractivity contribution in [2.24, 2.45) is 22.2 Å². The van der Waals surface area contributed by atoms with Gasteiger partial charge in [0.05, 0.1) is 6.04 Å². The van der Waals surface area contributed by atoms with Crippen molar-refractivity contribution >= 4 is 47.4 Å². The van der Waals surface area contributed by atoms with Crippen LogP contribution in [0.25, 0.3) is 0 Å². The summed E-state index contributed by atoms with van der Waals surface area (Å²) in [6.45, 7) is 0.143. The van der Waals surface area contributed by atoms with E-state index in [-0.39, 0.29) is 44.6 Å². The van der Waals surface area contributed by atoms with Crippen molar-refractivity contribution in [3.8, 4) is 0 Å². The minimum absolute atomic E-state index is 0.0380. The summed E-state index contributed by atoms with van der Waals surface area (Å²) in [4.78, 5) is 65.6. The normalized spacial score (nSPS) is 13.7. The smallest absolute Gasteiger partial charge is 0.326 e. The van der Waals surface area contributed by atoms with E-state index in [0.717, 1.165) is 5.56 Å². The summed E-state index contributed by atoms with van der Waals surface area (Å²) in [5, 5.41) is 26.0. The predicted octanol–water partition coefficient (Wildman–Crippen LogP) is -1.23. The third kappa shape index (κ3) is 13.8. The maximum absolute atomic E-state index is 13.2. The Bertz CT molecular complexity index is 1020. The molecule has 1 rings (SSSR count). The highest BCUT2D eigenvalue weighted by atomic mass is 32.2. The van der Waals surface area contributed by atoms with E-state index in [1.807, 2.05) is 6.07 Å². The number of nitrogens with one attached hydrogen (secondary N) is 3. The Morgan fingerprint density at radius 3 is 2.00 bits per heavy atom.